The average molecular weight is 364 g/mol. The van der Waals surface area contributed by atoms with Gasteiger partial charge in [0, 0.05) is 28.9 Å². The number of hydrogen-bond donors (Lipinski definition) is 1. The summed E-state index contributed by atoms with van der Waals surface area (Å²) in [7, 11) is 0. The van der Waals surface area contributed by atoms with Crippen LogP contribution in [0.25, 0.3) is 22.7 Å². The molecule has 0 spiro atoms. The molecule has 0 unspecified atom stereocenters. The number of thiazole rings is 1. The Morgan fingerprint density at radius 1 is 1.19 bits per heavy atom. The number of benzene rings is 1. The summed E-state index contributed by atoms with van der Waals surface area (Å²) < 4.78 is 11.1. The Morgan fingerprint density at radius 2 is 2.15 bits per heavy atom. The molecule has 0 saturated heterocycles. The quantitative estimate of drug-likeness (QED) is 0.519. The average Bonchev–Trinajstić information content (AvgIpc) is 3.36. The van der Waals surface area contributed by atoms with Gasteiger partial charge in [-0.3, -0.25) is 4.98 Å². The molecule has 7 heteroatoms. The zero-order valence-corrected chi connectivity index (χ0v) is 14.9. The van der Waals surface area contributed by atoms with Crippen molar-refractivity contribution in [3.05, 3.63) is 60.6 Å². The van der Waals surface area contributed by atoms with E-state index in [-0.39, 0.29) is 0 Å². The molecule has 4 aromatic rings. The van der Waals surface area contributed by atoms with Gasteiger partial charge >= 0.3 is 0 Å². The highest BCUT2D eigenvalue weighted by molar-refractivity contribution is 7.14. The van der Waals surface area contributed by atoms with Crippen LogP contribution in [-0.2, 0) is 0 Å². The second kappa shape index (κ2) is 7.37. The van der Waals surface area contributed by atoms with Crippen molar-refractivity contribution >= 4 is 22.2 Å². The van der Waals surface area contributed by atoms with Crippen molar-refractivity contribution in [2.24, 2.45) is 0 Å². The van der Waals surface area contributed by atoms with E-state index in [4.69, 9.17) is 9.15 Å². The van der Waals surface area contributed by atoms with Crippen LogP contribution in [0.15, 0.2) is 65.0 Å². The molecule has 1 aromatic carbocycles. The van der Waals surface area contributed by atoms with E-state index in [0.29, 0.717) is 12.5 Å². The van der Waals surface area contributed by atoms with Crippen molar-refractivity contribution in [2.75, 3.05) is 11.9 Å². The minimum Gasteiger partial charge on any atom is -0.492 e. The van der Waals surface area contributed by atoms with Gasteiger partial charge in [0.2, 0.25) is 5.89 Å². The van der Waals surface area contributed by atoms with E-state index in [0.717, 1.165) is 33.4 Å². The molecule has 3 heterocycles. The zero-order valence-electron chi connectivity index (χ0n) is 14.0. The van der Waals surface area contributed by atoms with Crippen molar-refractivity contribution in [1.82, 2.24) is 15.0 Å². The van der Waals surface area contributed by atoms with Crippen LogP contribution in [0.5, 0.6) is 5.75 Å². The van der Waals surface area contributed by atoms with Crippen LogP contribution in [0.1, 0.15) is 6.92 Å². The molecule has 1 N–H and O–H groups in total. The molecule has 0 aliphatic heterocycles. The maximum atomic E-state index is 5.73. The predicted molar refractivity (Wildman–Crippen MR) is 102 cm³/mol. The minimum absolute atomic E-state index is 0.561. The maximum absolute atomic E-state index is 5.73. The summed E-state index contributed by atoms with van der Waals surface area (Å²) in [5.74, 6) is 1.31. The van der Waals surface area contributed by atoms with Crippen LogP contribution in [-0.4, -0.2) is 21.6 Å². The van der Waals surface area contributed by atoms with Crippen molar-refractivity contribution in [3.8, 4) is 28.5 Å². The van der Waals surface area contributed by atoms with Gasteiger partial charge in [-0.15, -0.1) is 11.3 Å². The molecular formula is C19H16N4O2S. The second-order valence-corrected chi connectivity index (χ2v) is 6.24. The Bertz CT molecular complexity index is 984. The molecule has 0 aliphatic carbocycles. The predicted octanol–water partition coefficient (Wildman–Crippen LogP) is 5.00. The standard InChI is InChI=1S/C19H16N4O2S/c1-2-24-17-6-5-13(18-21-8-9-25-18)10-15(17)22-19-23-16(12-26-19)14-4-3-7-20-11-14/h3-12H,2H2,1H3,(H,22,23). The molecule has 0 bridgehead atoms. The normalized spacial score (nSPS) is 10.7. The minimum atomic E-state index is 0.561. The van der Waals surface area contributed by atoms with Crippen LogP contribution >= 0.6 is 11.3 Å². The molecule has 0 aliphatic rings. The number of anilines is 2. The lowest BCUT2D eigenvalue weighted by Gasteiger charge is -2.11. The van der Waals surface area contributed by atoms with Crippen LogP contribution in [0, 0.1) is 0 Å². The second-order valence-electron chi connectivity index (χ2n) is 5.39. The molecule has 4 rings (SSSR count). The fraction of sp³-hybridized carbons (Fsp3) is 0.105. The lowest BCUT2D eigenvalue weighted by atomic mass is 10.2. The van der Waals surface area contributed by atoms with E-state index < -0.39 is 0 Å². The van der Waals surface area contributed by atoms with Gasteiger partial charge in [0.1, 0.15) is 12.0 Å². The molecule has 26 heavy (non-hydrogen) atoms. The summed E-state index contributed by atoms with van der Waals surface area (Å²) in [5, 5.41) is 6.11. The highest BCUT2D eigenvalue weighted by Gasteiger charge is 2.12. The van der Waals surface area contributed by atoms with Gasteiger partial charge in [0.15, 0.2) is 5.13 Å². The maximum Gasteiger partial charge on any atom is 0.225 e. The number of oxazole rings is 1. The Hall–Kier alpha value is -3.19. The Kier molecular flexibility index (Phi) is 4.61. The first-order valence-corrected chi connectivity index (χ1v) is 9.01. The zero-order chi connectivity index (χ0) is 17.8. The van der Waals surface area contributed by atoms with E-state index in [2.05, 4.69) is 20.3 Å². The van der Waals surface area contributed by atoms with Crippen molar-refractivity contribution in [1.29, 1.82) is 0 Å². The summed E-state index contributed by atoms with van der Waals surface area (Å²) in [6.07, 6.45) is 6.73. The molecular weight excluding hydrogens is 348 g/mol. The summed E-state index contributed by atoms with van der Waals surface area (Å²) in [6, 6.07) is 9.66. The van der Waals surface area contributed by atoms with E-state index in [9.17, 15) is 0 Å². The Labute approximate surface area is 154 Å². The molecule has 3 aromatic heterocycles. The van der Waals surface area contributed by atoms with Gasteiger partial charge in [0.05, 0.1) is 24.2 Å². The topological polar surface area (TPSA) is 73.1 Å². The van der Waals surface area contributed by atoms with E-state index >= 15 is 0 Å². The van der Waals surface area contributed by atoms with Gasteiger partial charge in [0.25, 0.3) is 0 Å². The third kappa shape index (κ3) is 3.43. The van der Waals surface area contributed by atoms with Gasteiger partial charge in [-0.1, -0.05) is 0 Å². The lowest BCUT2D eigenvalue weighted by molar-refractivity contribution is 0.342. The van der Waals surface area contributed by atoms with Crippen LogP contribution < -0.4 is 10.1 Å². The number of hydrogen-bond acceptors (Lipinski definition) is 7. The third-order valence-electron chi connectivity index (χ3n) is 3.66. The SMILES string of the molecule is CCOc1ccc(-c2ncco2)cc1Nc1nc(-c2cccnc2)cs1. The van der Waals surface area contributed by atoms with Gasteiger partial charge in [-0.05, 0) is 37.3 Å². The van der Waals surface area contributed by atoms with Gasteiger partial charge in [-0.2, -0.15) is 0 Å². The lowest BCUT2D eigenvalue weighted by Crippen LogP contribution is -1.98. The number of nitrogens with one attached hydrogen (secondary N) is 1. The van der Waals surface area contributed by atoms with Crippen molar-refractivity contribution < 1.29 is 9.15 Å². The molecule has 6 nitrogen and oxygen atoms in total. The summed E-state index contributed by atoms with van der Waals surface area (Å²) in [6.45, 7) is 2.53. The highest BCUT2D eigenvalue weighted by atomic mass is 32.1. The molecule has 0 saturated carbocycles. The van der Waals surface area contributed by atoms with Gasteiger partial charge < -0.3 is 14.5 Å². The van der Waals surface area contributed by atoms with Crippen molar-refractivity contribution in [2.45, 2.75) is 6.92 Å². The molecule has 0 amide bonds. The smallest absolute Gasteiger partial charge is 0.225 e. The van der Waals surface area contributed by atoms with E-state index in [1.54, 1.807) is 24.9 Å². The van der Waals surface area contributed by atoms with E-state index in [1.165, 1.54) is 11.3 Å². The first kappa shape index (κ1) is 16.3. The Morgan fingerprint density at radius 3 is 2.92 bits per heavy atom. The summed E-state index contributed by atoms with van der Waals surface area (Å²) >= 11 is 1.52. The van der Waals surface area contributed by atoms with Crippen LogP contribution in [0.3, 0.4) is 0 Å². The largest absolute Gasteiger partial charge is 0.492 e. The number of ether oxygens (including phenoxy) is 1. The number of rotatable bonds is 6. The number of nitrogens with zero attached hydrogens (tertiary/aromatic N) is 3. The third-order valence-corrected chi connectivity index (χ3v) is 4.42. The Balaban J connectivity index is 1.64. The fourth-order valence-electron chi connectivity index (χ4n) is 2.50. The number of aromatic nitrogens is 3. The van der Waals surface area contributed by atoms with E-state index in [1.807, 2.05) is 42.6 Å². The summed E-state index contributed by atoms with van der Waals surface area (Å²) in [5.41, 5.74) is 3.54. The first-order valence-electron chi connectivity index (χ1n) is 8.13. The molecule has 0 radical (unpaired) electrons. The fourth-order valence-corrected chi connectivity index (χ4v) is 3.23. The van der Waals surface area contributed by atoms with Crippen molar-refractivity contribution in [3.63, 3.8) is 0 Å². The number of pyridine rings is 1. The first-order chi connectivity index (χ1) is 12.8. The van der Waals surface area contributed by atoms with Gasteiger partial charge in [-0.25, -0.2) is 9.97 Å². The summed E-state index contributed by atoms with van der Waals surface area (Å²) in [4.78, 5) is 13.0. The van der Waals surface area contributed by atoms with Crippen LogP contribution in [0.4, 0.5) is 10.8 Å². The molecule has 130 valence electrons. The highest BCUT2D eigenvalue weighted by Crippen LogP contribution is 2.34. The monoisotopic (exact) mass is 364 g/mol. The molecule has 0 atom stereocenters. The van der Waals surface area contributed by atoms with Crippen LogP contribution in [0.2, 0.25) is 0 Å². The molecule has 0 fully saturated rings.